The molecule has 0 fully saturated rings. The number of hydrogen-bond donors (Lipinski definition) is 2. The van der Waals surface area contributed by atoms with Gasteiger partial charge in [0, 0.05) is 6.92 Å². The zero-order valence-electron chi connectivity index (χ0n) is 11.8. The lowest BCUT2D eigenvalue weighted by Crippen LogP contribution is -2.26. The van der Waals surface area contributed by atoms with Crippen LogP contribution in [0.3, 0.4) is 0 Å². The van der Waals surface area contributed by atoms with Crippen molar-refractivity contribution in [3.63, 3.8) is 0 Å². The van der Waals surface area contributed by atoms with Gasteiger partial charge in [-0.2, -0.15) is 4.98 Å². The third kappa shape index (κ3) is 3.03. The fraction of sp³-hybridized carbons (Fsp3) is 0.333. The Kier molecular flexibility index (Phi) is 3.97. The molecule has 7 nitrogen and oxygen atoms in total. The topological polar surface area (TPSA) is 111 Å². The zero-order chi connectivity index (χ0) is 15.8. The number of nitrogens with two attached hydrogens (primary N) is 1. The minimum absolute atomic E-state index is 0.0402. The number of nitrogens with zero attached hydrogens (tertiary/aromatic N) is 2. The molecule has 0 radical (unpaired) electrons. The van der Waals surface area contributed by atoms with E-state index in [-0.39, 0.29) is 34.1 Å². The van der Waals surface area contributed by atoms with Crippen molar-refractivity contribution in [3.8, 4) is 0 Å². The smallest absolute Gasteiger partial charge is 0.241 e. The van der Waals surface area contributed by atoms with Crippen LogP contribution in [-0.4, -0.2) is 18.6 Å². The van der Waals surface area contributed by atoms with E-state index in [1.807, 2.05) is 0 Å². The first-order valence-corrected chi connectivity index (χ1v) is 7.54. The molecule has 0 unspecified atom stereocenters. The van der Waals surface area contributed by atoms with Crippen molar-refractivity contribution in [1.82, 2.24) is 14.9 Å². The summed E-state index contributed by atoms with van der Waals surface area (Å²) in [4.78, 5) is 3.85. The highest BCUT2D eigenvalue weighted by molar-refractivity contribution is 7.89. The van der Waals surface area contributed by atoms with E-state index in [1.165, 1.54) is 13.8 Å². The molecule has 0 aliphatic heterocycles. The highest BCUT2D eigenvalue weighted by Gasteiger charge is 2.23. The van der Waals surface area contributed by atoms with Crippen molar-refractivity contribution < 1.29 is 17.3 Å². The van der Waals surface area contributed by atoms with Gasteiger partial charge in [0.2, 0.25) is 15.9 Å². The van der Waals surface area contributed by atoms with Crippen LogP contribution >= 0.6 is 0 Å². The quantitative estimate of drug-likeness (QED) is 0.820. The van der Waals surface area contributed by atoms with Crippen molar-refractivity contribution in [2.45, 2.75) is 32.2 Å². The Morgan fingerprint density at radius 1 is 1.38 bits per heavy atom. The van der Waals surface area contributed by atoms with Crippen LogP contribution in [0.4, 0.5) is 10.1 Å². The summed E-state index contributed by atoms with van der Waals surface area (Å²) in [6.45, 7) is 4.43. The molecule has 0 amide bonds. The van der Waals surface area contributed by atoms with Gasteiger partial charge in [0.25, 0.3) is 0 Å². The molecule has 3 N–H and O–H groups in total. The predicted octanol–water partition coefficient (Wildman–Crippen LogP) is 1.19. The van der Waals surface area contributed by atoms with Crippen LogP contribution in [0.5, 0.6) is 0 Å². The van der Waals surface area contributed by atoms with Gasteiger partial charge in [-0.05, 0) is 31.0 Å². The van der Waals surface area contributed by atoms with Gasteiger partial charge >= 0.3 is 0 Å². The molecule has 2 aromatic rings. The largest absolute Gasteiger partial charge is 0.396 e. The Morgan fingerprint density at radius 3 is 2.62 bits per heavy atom. The maximum absolute atomic E-state index is 13.5. The molecular formula is C12H15FN4O3S. The van der Waals surface area contributed by atoms with Gasteiger partial charge < -0.3 is 10.3 Å². The lowest BCUT2D eigenvalue weighted by molar-refractivity contribution is 0.387. The maximum atomic E-state index is 13.5. The number of hydrogen-bond acceptors (Lipinski definition) is 6. The van der Waals surface area contributed by atoms with Crippen LogP contribution < -0.4 is 10.5 Å². The number of benzene rings is 1. The Bertz CT molecular complexity index is 786. The molecule has 2 rings (SSSR count). The van der Waals surface area contributed by atoms with Crippen molar-refractivity contribution in [3.05, 3.63) is 34.7 Å². The van der Waals surface area contributed by atoms with Gasteiger partial charge in [-0.1, -0.05) is 5.16 Å². The normalized spacial score (nSPS) is 11.8. The van der Waals surface area contributed by atoms with E-state index in [1.54, 1.807) is 6.92 Å². The first-order chi connectivity index (χ1) is 9.72. The van der Waals surface area contributed by atoms with Gasteiger partial charge in [-0.15, -0.1) is 0 Å². The minimum atomic E-state index is -3.87. The van der Waals surface area contributed by atoms with Crippen LogP contribution in [-0.2, 0) is 16.6 Å². The average molecular weight is 314 g/mol. The molecule has 0 spiro atoms. The number of aryl methyl sites for hydroxylation is 2. The van der Waals surface area contributed by atoms with E-state index < -0.39 is 15.8 Å². The molecule has 1 aromatic carbocycles. The molecule has 114 valence electrons. The summed E-state index contributed by atoms with van der Waals surface area (Å²) < 4.78 is 45.3. The Labute approximate surface area is 121 Å². The summed E-state index contributed by atoms with van der Waals surface area (Å²) in [5, 5.41) is 3.59. The van der Waals surface area contributed by atoms with Gasteiger partial charge in [0.15, 0.2) is 5.82 Å². The summed E-state index contributed by atoms with van der Waals surface area (Å²) in [6, 6.07) is 1.09. The second-order valence-corrected chi connectivity index (χ2v) is 6.30. The molecule has 0 aliphatic rings. The first kappa shape index (κ1) is 15.4. The maximum Gasteiger partial charge on any atom is 0.241 e. The fourth-order valence-electron chi connectivity index (χ4n) is 1.99. The van der Waals surface area contributed by atoms with E-state index in [2.05, 4.69) is 14.9 Å². The van der Waals surface area contributed by atoms with E-state index in [9.17, 15) is 12.8 Å². The molecule has 0 bridgehead atoms. The number of halogens is 1. The number of nitrogens with one attached hydrogen (secondary N) is 1. The lowest BCUT2D eigenvalue weighted by Gasteiger charge is -2.13. The Morgan fingerprint density at radius 2 is 2.05 bits per heavy atom. The van der Waals surface area contributed by atoms with E-state index >= 15 is 0 Å². The molecule has 1 aromatic heterocycles. The van der Waals surface area contributed by atoms with Crippen LogP contribution in [0.15, 0.2) is 15.5 Å². The second-order valence-electron chi connectivity index (χ2n) is 4.60. The van der Waals surface area contributed by atoms with Crippen LogP contribution in [0.25, 0.3) is 0 Å². The lowest BCUT2D eigenvalue weighted by atomic mass is 10.1. The van der Waals surface area contributed by atoms with Crippen LogP contribution in [0, 0.1) is 26.6 Å². The summed E-state index contributed by atoms with van der Waals surface area (Å²) in [5.74, 6) is -0.0956. The molecule has 0 atom stereocenters. The Hall–Kier alpha value is -2.00. The molecular weight excluding hydrogens is 299 g/mol. The van der Waals surface area contributed by atoms with Crippen molar-refractivity contribution in [1.29, 1.82) is 0 Å². The molecule has 9 heteroatoms. The summed E-state index contributed by atoms with van der Waals surface area (Å²) in [6.07, 6.45) is 0. The molecule has 0 saturated heterocycles. The third-order valence-corrected chi connectivity index (χ3v) is 4.65. The van der Waals surface area contributed by atoms with E-state index in [4.69, 9.17) is 10.3 Å². The van der Waals surface area contributed by atoms with Crippen LogP contribution in [0.1, 0.15) is 22.8 Å². The fourth-order valence-corrected chi connectivity index (χ4v) is 3.45. The van der Waals surface area contributed by atoms with E-state index in [0.29, 0.717) is 5.89 Å². The molecule has 0 saturated carbocycles. The standard InChI is InChI=1S/C12H15FN4O3S/c1-6-4-9(13)11(14)7(2)12(6)21(18,19)15-5-10-16-8(3)20-17-10/h4,15H,5,14H2,1-3H3. The number of anilines is 1. The predicted molar refractivity (Wildman–Crippen MR) is 73.3 cm³/mol. The monoisotopic (exact) mass is 314 g/mol. The third-order valence-electron chi connectivity index (χ3n) is 2.96. The van der Waals surface area contributed by atoms with Crippen molar-refractivity contribution >= 4 is 15.7 Å². The van der Waals surface area contributed by atoms with Crippen LogP contribution in [0.2, 0.25) is 0 Å². The number of rotatable bonds is 4. The van der Waals surface area contributed by atoms with Gasteiger partial charge in [0.05, 0.1) is 17.1 Å². The summed E-state index contributed by atoms with van der Waals surface area (Å²) >= 11 is 0. The van der Waals surface area contributed by atoms with Crippen molar-refractivity contribution in [2.24, 2.45) is 0 Å². The summed E-state index contributed by atoms with van der Waals surface area (Å²) in [5.41, 5.74) is 5.81. The Balaban J connectivity index is 2.34. The average Bonchev–Trinajstić information content (AvgIpc) is 2.79. The SMILES string of the molecule is Cc1nc(CNS(=O)(=O)c2c(C)cc(F)c(N)c2C)no1. The second kappa shape index (κ2) is 5.41. The first-order valence-electron chi connectivity index (χ1n) is 6.06. The summed E-state index contributed by atoms with van der Waals surface area (Å²) in [7, 11) is -3.87. The van der Waals surface area contributed by atoms with E-state index in [0.717, 1.165) is 6.07 Å². The molecule has 1 heterocycles. The zero-order valence-corrected chi connectivity index (χ0v) is 12.6. The number of nitrogen functional groups attached to an aromatic ring is 1. The van der Waals surface area contributed by atoms with Gasteiger partial charge in [-0.25, -0.2) is 17.5 Å². The van der Waals surface area contributed by atoms with Crippen molar-refractivity contribution in [2.75, 3.05) is 5.73 Å². The number of sulfonamides is 1. The van der Waals surface area contributed by atoms with Gasteiger partial charge in [0.1, 0.15) is 5.82 Å². The number of aromatic nitrogens is 2. The molecule has 21 heavy (non-hydrogen) atoms. The molecule has 0 aliphatic carbocycles. The highest BCUT2D eigenvalue weighted by Crippen LogP contribution is 2.27. The highest BCUT2D eigenvalue weighted by atomic mass is 32.2. The van der Waals surface area contributed by atoms with Gasteiger partial charge in [-0.3, -0.25) is 0 Å². The minimum Gasteiger partial charge on any atom is -0.396 e.